The number of aromatic nitrogens is 2. The Morgan fingerprint density at radius 1 is 1.11 bits per heavy atom. The minimum absolute atomic E-state index is 0.216. The van der Waals surface area contributed by atoms with Gasteiger partial charge in [0.25, 0.3) is 0 Å². The molecule has 1 unspecified atom stereocenters. The average molecular weight is 245 g/mol. The highest BCUT2D eigenvalue weighted by Crippen LogP contribution is 2.23. The zero-order valence-corrected chi connectivity index (χ0v) is 10.7. The van der Waals surface area contributed by atoms with Crippen molar-refractivity contribution in [2.24, 2.45) is 5.73 Å². The molecule has 1 heterocycles. The SMILES string of the molecule is Cc1cc(C(N)c2ccc(F)c(C)c2)c(C)nn1. The fraction of sp³-hybridized carbons (Fsp3) is 0.286. The van der Waals surface area contributed by atoms with Crippen molar-refractivity contribution in [3.8, 4) is 0 Å². The van der Waals surface area contributed by atoms with Crippen LogP contribution < -0.4 is 5.73 Å². The van der Waals surface area contributed by atoms with Crippen molar-refractivity contribution in [3.05, 3.63) is 58.2 Å². The van der Waals surface area contributed by atoms with Gasteiger partial charge in [0.15, 0.2) is 0 Å². The summed E-state index contributed by atoms with van der Waals surface area (Å²) < 4.78 is 13.2. The lowest BCUT2D eigenvalue weighted by molar-refractivity contribution is 0.616. The van der Waals surface area contributed by atoms with Gasteiger partial charge in [0.05, 0.1) is 17.4 Å². The third-order valence-electron chi connectivity index (χ3n) is 3.02. The van der Waals surface area contributed by atoms with E-state index >= 15 is 0 Å². The molecule has 0 amide bonds. The summed E-state index contributed by atoms with van der Waals surface area (Å²) in [5, 5.41) is 8.04. The Labute approximate surface area is 106 Å². The van der Waals surface area contributed by atoms with Crippen LogP contribution in [0.2, 0.25) is 0 Å². The Morgan fingerprint density at radius 2 is 1.83 bits per heavy atom. The van der Waals surface area contributed by atoms with Crippen LogP contribution in [0.4, 0.5) is 4.39 Å². The molecule has 1 aromatic heterocycles. The topological polar surface area (TPSA) is 51.8 Å². The van der Waals surface area contributed by atoms with Crippen LogP contribution in [-0.2, 0) is 0 Å². The molecule has 18 heavy (non-hydrogen) atoms. The molecule has 0 fully saturated rings. The number of aryl methyl sites for hydroxylation is 3. The maximum atomic E-state index is 13.2. The Bertz CT molecular complexity index is 581. The first kappa shape index (κ1) is 12.6. The molecule has 94 valence electrons. The monoisotopic (exact) mass is 245 g/mol. The second kappa shape index (κ2) is 4.82. The Hall–Kier alpha value is -1.81. The normalized spacial score (nSPS) is 12.5. The summed E-state index contributed by atoms with van der Waals surface area (Å²) in [6.07, 6.45) is 0. The molecule has 0 aliphatic heterocycles. The summed E-state index contributed by atoms with van der Waals surface area (Å²) >= 11 is 0. The van der Waals surface area contributed by atoms with Gasteiger partial charge in [-0.1, -0.05) is 12.1 Å². The highest BCUT2D eigenvalue weighted by atomic mass is 19.1. The van der Waals surface area contributed by atoms with E-state index in [4.69, 9.17) is 5.73 Å². The minimum Gasteiger partial charge on any atom is -0.320 e. The average Bonchev–Trinajstić information content (AvgIpc) is 2.35. The Morgan fingerprint density at radius 3 is 2.50 bits per heavy atom. The van der Waals surface area contributed by atoms with Gasteiger partial charge in [-0.3, -0.25) is 0 Å². The minimum atomic E-state index is -0.307. The molecule has 4 heteroatoms. The summed E-state index contributed by atoms with van der Waals surface area (Å²) in [5.74, 6) is -0.216. The van der Waals surface area contributed by atoms with E-state index in [0.29, 0.717) is 5.56 Å². The van der Waals surface area contributed by atoms with E-state index in [-0.39, 0.29) is 11.9 Å². The first-order chi connectivity index (χ1) is 8.49. The summed E-state index contributed by atoms with van der Waals surface area (Å²) in [4.78, 5) is 0. The van der Waals surface area contributed by atoms with Crippen molar-refractivity contribution in [2.45, 2.75) is 26.8 Å². The fourth-order valence-electron chi connectivity index (χ4n) is 1.93. The third-order valence-corrected chi connectivity index (χ3v) is 3.02. The van der Waals surface area contributed by atoms with Gasteiger partial charge in [0.2, 0.25) is 0 Å². The highest BCUT2D eigenvalue weighted by Gasteiger charge is 2.14. The fourth-order valence-corrected chi connectivity index (χ4v) is 1.93. The van der Waals surface area contributed by atoms with E-state index in [9.17, 15) is 4.39 Å². The lowest BCUT2D eigenvalue weighted by atomic mass is 9.97. The maximum Gasteiger partial charge on any atom is 0.126 e. The molecule has 2 N–H and O–H groups in total. The zero-order chi connectivity index (χ0) is 13.3. The molecule has 0 saturated carbocycles. The van der Waals surface area contributed by atoms with Gasteiger partial charge >= 0.3 is 0 Å². The van der Waals surface area contributed by atoms with E-state index in [0.717, 1.165) is 22.5 Å². The number of nitrogens with zero attached hydrogens (tertiary/aromatic N) is 2. The molecule has 1 aromatic carbocycles. The van der Waals surface area contributed by atoms with Crippen LogP contribution in [0.5, 0.6) is 0 Å². The van der Waals surface area contributed by atoms with E-state index < -0.39 is 0 Å². The van der Waals surface area contributed by atoms with E-state index in [1.165, 1.54) is 6.07 Å². The van der Waals surface area contributed by atoms with Crippen LogP contribution in [0.1, 0.15) is 34.1 Å². The van der Waals surface area contributed by atoms with Gasteiger partial charge in [0, 0.05) is 0 Å². The molecule has 0 radical (unpaired) electrons. The summed E-state index contributed by atoms with van der Waals surface area (Å²) in [6.45, 7) is 5.48. The number of benzene rings is 1. The summed E-state index contributed by atoms with van der Waals surface area (Å²) in [7, 11) is 0. The molecule has 0 spiro atoms. The Kier molecular flexibility index (Phi) is 3.39. The largest absolute Gasteiger partial charge is 0.320 e. The lowest BCUT2D eigenvalue weighted by Crippen LogP contribution is -2.15. The number of nitrogens with two attached hydrogens (primary N) is 1. The molecule has 3 nitrogen and oxygen atoms in total. The predicted octanol–water partition coefficient (Wildman–Crippen LogP) is 2.59. The second-order valence-corrected chi connectivity index (χ2v) is 4.51. The predicted molar refractivity (Wildman–Crippen MR) is 68.7 cm³/mol. The molecule has 1 atom stereocenters. The molecule has 0 bridgehead atoms. The van der Waals surface area contributed by atoms with Crippen molar-refractivity contribution in [1.29, 1.82) is 0 Å². The number of hydrogen-bond acceptors (Lipinski definition) is 3. The zero-order valence-electron chi connectivity index (χ0n) is 10.7. The van der Waals surface area contributed by atoms with Crippen molar-refractivity contribution >= 4 is 0 Å². The standard InChI is InChI=1S/C14H16FN3/c1-8-6-11(4-5-13(8)15)14(16)12-7-9(2)17-18-10(12)3/h4-7,14H,16H2,1-3H3. The van der Waals surface area contributed by atoms with Crippen LogP contribution >= 0.6 is 0 Å². The summed E-state index contributed by atoms with van der Waals surface area (Å²) in [6, 6.07) is 6.54. The lowest BCUT2D eigenvalue weighted by Gasteiger charge is -2.15. The first-order valence-corrected chi connectivity index (χ1v) is 5.81. The van der Waals surface area contributed by atoms with Crippen molar-refractivity contribution in [1.82, 2.24) is 10.2 Å². The molecule has 0 saturated heterocycles. The van der Waals surface area contributed by atoms with Crippen molar-refractivity contribution in [3.63, 3.8) is 0 Å². The molecular formula is C14H16FN3. The third kappa shape index (κ3) is 2.38. The van der Waals surface area contributed by atoms with Gasteiger partial charge in [-0.25, -0.2) is 4.39 Å². The molecule has 2 rings (SSSR count). The van der Waals surface area contributed by atoms with Gasteiger partial charge in [-0.05, 0) is 49.6 Å². The van der Waals surface area contributed by atoms with E-state index in [1.807, 2.05) is 19.9 Å². The summed E-state index contributed by atoms with van der Waals surface area (Å²) in [5.41, 5.74) is 10.2. The van der Waals surface area contributed by atoms with Crippen LogP contribution in [-0.4, -0.2) is 10.2 Å². The smallest absolute Gasteiger partial charge is 0.126 e. The number of rotatable bonds is 2. The van der Waals surface area contributed by atoms with Crippen molar-refractivity contribution in [2.75, 3.05) is 0 Å². The van der Waals surface area contributed by atoms with Gasteiger partial charge in [-0.2, -0.15) is 10.2 Å². The molecular weight excluding hydrogens is 229 g/mol. The number of halogens is 1. The van der Waals surface area contributed by atoms with Gasteiger partial charge < -0.3 is 5.73 Å². The van der Waals surface area contributed by atoms with Gasteiger partial charge in [0.1, 0.15) is 5.82 Å². The highest BCUT2D eigenvalue weighted by molar-refractivity contribution is 5.35. The van der Waals surface area contributed by atoms with Crippen LogP contribution in [0.25, 0.3) is 0 Å². The van der Waals surface area contributed by atoms with Crippen molar-refractivity contribution < 1.29 is 4.39 Å². The first-order valence-electron chi connectivity index (χ1n) is 5.81. The quantitative estimate of drug-likeness (QED) is 0.884. The molecule has 0 aliphatic carbocycles. The Balaban J connectivity index is 2.44. The molecule has 2 aromatic rings. The van der Waals surface area contributed by atoms with Crippen LogP contribution in [0.3, 0.4) is 0 Å². The second-order valence-electron chi connectivity index (χ2n) is 4.51. The maximum absolute atomic E-state index is 13.2. The molecule has 0 aliphatic rings. The van der Waals surface area contributed by atoms with Crippen LogP contribution in [0, 0.1) is 26.6 Å². The number of hydrogen-bond donors (Lipinski definition) is 1. The van der Waals surface area contributed by atoms with E-state index in [2.05, 4.69) is 10.2 Å². The van der Waals surface area contributed by atoms with E-state index in [1.54, 1.807) is 19.1 Å². The van der Waals surface area contributed by atoms with Gasteiger partial charge in [-0.15, -0.1) is 0 Å². The van der Waals surface area contributed by atoms with Crippen LogP contribution in [0.15, 0.2) is 24.3 Å².